The van der Waals surface area contributed by atoms with E-state index in [1.54, 1.807) is 21.0 Å². The third-order valence-corrected chi connectivity index (χ3v) is 7.32. The van der Waals surface area contributed by atoms with Crippen LogP contribution in [0.4, 0.5) is 0 Å². The number of imidazole rings is 1. The Morgan fingerprint density at radius 3 is 2.50 bits per heavy atom. The Hall–Kier alpha value is -1.77. The lowest BCUT2D eigenvalue weighted by atomic mass is 9.98. The van der Waals surface area contributed by atoms with Crippen LogP contribution in [0, 0.1) is 0 Å². The summed E-state index contributed by atoms with van der Waals surface area (Å²) in [7, 11) is -3.34. The number of hydrogen-bond donors (Lipinski definition) is 0. The van der Waals surface area contributed by atoms with Crippen LogP contribution in [-0.4, -0.2) is 57.7 Å². The van der Waals surface area contributed by atoms with Gasteiger partial charge in [-0.1, -0.05) is 0 Å². The molecule has 0 aromatic carbocycles. The summed E-state index contributed by atoms with van der Waals surface area (Å²) in [5.41, 5.74) is 1.16. The molecule has 2 saturated heterocycles. The SMILES string of the molecule is O=S(=O)(N1CCCC1)N1CCCC(c2nccn2Cc2ccncc2)C1. The second-order valence-corrected chi connectivity index (χ2v) is 9.01. The normalized spacial score (nSPS) is 22.7. The smallest absolute Gasteiger partial charge is 0.281 e. The van der Waals surface area contributed by atoms with Gasteiger partial charge < -0.3 is 4.57 Å². The summed E-state index contributed by atoms with van der Waals surface area (Å²) in [6.07, 6.45) is 11.1. The summed E-state index contributed by atoms with van der Waals surface area (Å²) >= 11 is 0. The average Bonchev–Trinajstić information content (AvgIpc) is 3.35. The van der Waals surface area contributed by atoms with Crippen LogP contribution in [0.1, 0.15) is 43.0 Å². The molecule has 1 unspecified atom stereocenters. The molecule has 140 valence electrons. The van der Waals surface area contributed by atoms with E-state index < -0.39 is 10.2 Å². The third-order valence-electron chi connectivity index (χ3n) is 5.32. The lowest BCUT2D eigenvalue weighted by Crippen LogP contribution is -2.46. The lowest BCUT2D eigenvalue weighted by Gasteiger charge is -2.34. The average molecular weight is 375 g/mol. The first-order valence-corrected chi connectivity index (χ1v) is 10.7. The molecular weight excluding hydrogens is 350 g/mol. The van der Waals surface area contributed by atoms with Crippen molar-refractivity contribution in [3.63, 3.8) is 0 Å². The number of aromatic nitrogens is 3. The van der Waals surface area contributed by atoms with Gasteiger partial charge in [-0.3, -0.25) is 4.98 Å². The van der Waals surface area contributed by atoms with E-state index in [-0.39, 0.29) is 5.92 Å². The van der Waals surface area contributed by atoms with Crippen molar-refractivity contribution in [2.75, 3.05) is 26.2 Å². The maximum atomic E-state index is 12.9. The van der Waals surface area contributed by atoms with Gasteiger partial charge in [0, 0.05) is 63.4 Å². The maximum absolute atomic E-state index is 12.9. The van der Waals surface area contributed by atoms with Crippen molar-refractivity contribution in [2.45, 2.75) is 38.1 Å². The number of hydrogen-bond acceptors (Lipinski definition) is 4. The molecule has 7 nitrogen and oxygen atoms in total. The number of piperidine rings is 1. The molecule has 0 aliphatic carbocycles. The van der Waals surface area contributed by atoms with Gasteiger partial charge in [-0.15, -0.1) is 0 Å². The van der Waals surface area contributed by atoms with E-state index in [2.05, 4.69) is 14.5 Å². The summed E-state index contributed by atoms with van der Waals surface area (Å²) in [5, 5.41) is 0. The van der Waals surface area contributed by atoms with Gasteiger partial charge in [0.05, 0.1) is 0 Å². The summed E-state index contributed by atoms with van der Waals surface area (Å²) in [5.74, 6) is 1.11. The van der Waals surface area contributed by atoms with Crippen LogP contribution >= 0.6 is 0 Å². The largest absolute Gasteiger partial charge is 0.330 e. The number of rotatable bonds is 5. The Bertz CT molecular complexity index is 830. The van der Waals surface area contributed by atoms with E-state index in [0.717, 1.165) is 43.6 Å². The number of nitrogens with zero attached hydrogens (tertiary/aromatic N) is 5. The van der Waals surface area contributed by atoms with Crippen molar-refractivity contribution in [3.05, 3.63) is 48.3 Å². The van der Waals surface area contributed by atoms with E-state index in [1.807, 2.05) is 24.5 Å². The fourth-order valence-electron chi connectivity index (χ4n) is 3.94. The van der Waals surface area contributed by atoms with Gasteiger partial charge in [0.2, 0.25) is 0 Å². The highest BCUT2D eigenvalue weighted by Gasteiger charge is 2.36. The van der Waals surface area contributed by atoms with E-state index in [4.69, 9.17) is 0 Å². The van der Waals surface area contributed by atoms with Gasteiger partial charge in [0.15, 0.2) is 0 Å². The van der Waals surface area contributed by atoms with Gasteiger partial charge >= 0.3 is 0 Å². The molecule has 4 heterocycles. The molecule has 8 heteroatoms. The Labute approximate surface area is 154 Å². The predicted octanol–water partition coefficient (Wildman–Crippen LogP) is 1.85. The zero-order chi connectivity index (χ0) is 18.0. The molecule has 2 aromatic rings. The van der Waals surface area contributed by atoms with E-state index in [0.29, 0.717) is 26.2 Å². The van der Waals surface area contributed by atoms with Crippen LogP contribution in [0.5, 0.6) is 0 Å². The summed E-state index contributed by atoms with van der Waals surface area (Å²) < 4.78 is 31.2. The molecular formula is C18H25N5O2S. The van der Waals surface area contributed by atoms with Gasteiger partial charge in [-0.25, -0.2) is 4.98 Å². The molecule has 2 fully saturated rings. The van der Waals surface area contributed by atoms with Gasteiger partial charge in [-0.2, -0.15) is 17.0 Å². The predicted molar refractivity (Wildman–Crippen MR) is 98.8 cm³/mol. The van der Waals surface area contributed by atoms with Crippen molar-refractivity contribution in [3.8, 4) is 0 Å². The second-order valence-electron chi connectivity index (χ2n) is 7.08. The molecule has 0 amide bonds. The first-order valence-electron chi connectivity index (χ1n) is 9.30. The monoisotopic (exact) mass is 375 g/mol. The number of pyridine rings is 1. The molecule has 2 aliphatic heterocycles. The van der Waals surface area contributed by atoms with Crippen LogP contribution in [0.25, 0.3) is 0 Å². The highest BCUT2D eigenvalue weighted by atomic mass is 32.2. The van der Waals surface area contributed by atoms with E-state index >= 15 is 0 Å². The molecule has 0 spiro atoms. The Kier molecular flexibility index (Phi) is 5.06. The fourth-order valence-corrected chi connectivity index (χ4v) is 5.72. The highest BCUT2D eigenvalue weighted by Crippen LogP contribution is 2.29. The molecule has 0 saturated carbocycles. The van der Waals surface area contributed by atoms with E-state index in [1.165, 1.54) is 0 Å². The van der Waals surface area contributed by atoms with Crippen molar-refractivity contribution in [2.24, 2.45) is 0 Å². The maximum Gasteiger partial charge on any atom is 0.281 e. The molecule has 1 atom stereocenters. The second kappa shape index (κ2) is 7.46. The molecule has 4 rings (SSSR count). The summed E-state index contributed by atoms with van der Waals surface area (Å²) in [4.78, 5) is 8.62. The molecule has 0 radical (unpaired) electrons. The van der Waals surface area contributed by atoms with Crippen LogP contribution in [0.2, 0.25) is 0 Å². The zero-order valence-corrected chi connectivity index (χ0v) is 15.7. The van der Waals surface area contributed by atoms with Crippen LogP contribution in [0.15, 0.2) is 36.9 Å². The Balaban J connectivity index is 1.51. The van der Waals surface area contributed by atoms with Crippen LogP contribution in [-0.2, 0) is 16.8 Å². The first kappa shape index (κ1) is 17.6. The fraction of sp³-hybridized carbons (Fsp3) is 0.556. The quantitative estimate of drug-likeness (QED) is 0.800. The Morgan fingerprint density at radius 2 is 1.73 bits per heavy atom. The third kappa shape index (κ3) is 3.54. The minimum Gasteiger partial charge on any atom is -0.330 e. The minimum absolute atomic E-state index is 0.137. The topological polar surface area (TPSA) is 71.3 Å². The van der Waals surface area contributed by atoms with Gasteiger partial charge in [0.1, 0.15) is 5.82 Å². The van der Waals surface area contributed by atoms with Gasteiger partial charge in [0.25, 0.3) is 10.2 Å². The zero-order valence-electron chi connectivity index (χ0n) is 14.9. The molecule has 2 aromatic heterocycles. The standard InChI is InChI=1S/C18H25N5O2S/c24-26(25,22-10-1-2-11-22)23-12-3-4-17(15-23)18-20-9-13-21(18)14-16-5-7-19-8-6-16/h5-9,13,17H,1-4,10-12,14-15H2. The van der Waals surface area contributed by atoms with Gasteiger partial charge in [-0.05, 0) is 43.4 Å². The summed E-state index contributed by atoms with van der Waals surface area (Å²) in [6, 6.07) is 3.99. The molecule has 0 bridgehead atoms. The molecule has 2 aliphatic rings. The summed E-state index contributed by atoms with van der Waals surface area (Å²) in [6.45, 7) is 3.17. The van der Waals surface area contributed by atoms with E-state index in [9.17, 15) is 8.42 Å². The van der Waals surface area contributed by atoms with Crippen molar-refractivity contribution < 1.29 is 8.42 Å². The van der Waals surface area contributed by atoms with Crippen molar-refractivity contribution >= 4 is 10.2 Å². The van der Waals surface area contributed by atoms with Crippen LogP contribution in [0.3, 0.4) is 0 Å². The van der Waals surface area contributed by atoms with Crippen LogP contribution < -0.4 is 0 Å². The highest BCUT2D eigenvalue weighted by molar-refractivity contribution is 7.86. The van der Waals surface area contributed by atoms with Crippen molar-refractivity contribution in [1.82, 2.24) is 23.1 Å². The minimum atomic E-state index is -3.34. The molecule has 26 heavy (non-hydrogen) atoms. The lowest BCUT2D eigenvalue weighted by molar-refractivity contribution is 0.284. The molecule has 0 N–H and O–H groups in total. The first-order chi connectivity index (χ1) is 12.6. The van der Waals surface area contributed by atoms with Crippen molar-refractivity contribution in [1.29, 1.82) is 0 Å². The Morgan fingerprint density at radius 1 is 1.00 bits per heavy atom.